The molecule has 0 radical (unpaired) electrons. The molecule has 0 amide bonds. The van der Waals surface area contributed by atoms with E-state index in [0.717, 1.165) is 32.2 Å². The largest absolute Gasteiger partial charge is 0.313 e. The number of hydrogen-bond acceptors (Lipinski definition) is 4. The van der Waals surface area contributed by atoms with Crippen molar-refractivity contribution in [3.63, 3.8) is 0 Å². The molecule has 1 N–H and O–H groups in total. The van der Waals surface area contributed by atoms with Crippen LogP contribution in [-0.2, 0) is 15.3 Å². The first kappa shape index (κ1) is 16.0. The van der Waals surface area contributed by atoms with Crippen molar-refractivity contribution >= 4 is 21.2 Å². The predicted octanol–water partition coefficient (Wildman–Crippen LogP) is 2.97. The molecule has 1 aliphatic rings. The minimum absolute atomic E-state index is 0.103. The molecular weight excluding hydrogens is 290 g/mol. The summed E-state index contributed by atoms with van der Waals surface area (Å²) in [5.41, 5.74) is 0.103. The van der Waals surface area contributed by atoms with Gasteiger partial charge in [0, 0.05) is 29.1 Å². The lowest BCUT2D eigenvalue weighted by Crippen LogP contribution is -2.43. The lowest BCUT2D eigenvalue weighted by Gasteiger charge is -2.32. The Hall–Kier alpha value is -0.390. The van der Waals surface area contributed by atoms with Crippen LogP contribution in [0.5, 0.6) is 0 Å². The molecule has 1 aliphatic carbocycles. The van der Waals surface area contributed by atoms with E-state index in [1.807, 2.05) is 0 Å². The topological polar surface area (TPSA) is 46.2 Å². The van der Waals surface area contributed by atoms with Crippen LogP contribution in [0.15, 0.2) is 17.5 Å². The van der Waals surface area contributed by atoms with Gasteiger partial charge in [-0.05, 0) is 30.7 Å². The fraction of sp³-hybridized carbons (Fsp3) is 0.733. The van der Waals surface area contributed by atoms with Gasteiger partial charge in [0.15, 0.2) is 0 Å². The van der Waals surface area contributed by atoms with Crippen LogP contribution in [0.25, 0.3) is 0 Å². The average Bonchev–Trinajstić information content (AvgIpc) is 2.90. The molecule has 114 valence electrons. The summed E-state index contributed by atoms with van der Waals surface area (Å²) in [6, 6.07) is 4.59. The molecule has 0 saturated heterocycles. The minimum Gasteiger partial charge on any atom is -0.313 e. The molecule has 1 aromatic heterocycles. The van der Waals surface area contributed by atoms with E-state index in [1.165, 1.54) is 11.1 Å². The predicted molar refractivity (Wildman–Crippen MR) is 86.2 cm³/mol. The maximum Gasteiger partial charge on any atom is 0.150 e. The molecule has 5 heteroatoms. The van der Waals surface area contributed by atoms with Gasteiger partial charge in [-0.2, -0.15) is 0 Å². The van der Waals surface area contributed by atoms with E-state index in [0.29, 0.717) is 6.04 Å². The molecule has 1 fully saturated rings. The van der Waals surface area contributed by atoms with E-state index >= 15 is 0 Å². The van der Waals surface area contributed by atoms with Crippen LogP contribution in [-0.4, -0.2) is 32.5 Å². The van der Waals surface area contributed by atoms with Gasteiger partial charge in [0.05, 0.1) is 5.25 Å². The van der Waals surface area contributed by atoms with E-state index < -0.39 is 9.84 Å². The molecule has 0 aliphatic heterocycles. The highest BCUT2D eigenvalue weighted by atomic mass is 32.2. The van der Waals surface area contributed by atoms with E-state index in [-0.39, 0.29) is 10.7 Å². The summed E-state index contributed by atoms with van der Waals surface area (Å²) in [4.78, 5) is 1.38. The summed E-state index contributed by atoms with van der Waals surface area (Å²) in [5.74, 6) is 0. The van der Waals surface area contributed by atoms with Gasteiger partial charge in [-0.25, -0.2) is 8.42 Å². The second kappa shape index (κ2) is 6.16. The summed E-state index contributed by atoms with van der Waals surface area (Å²) in [5, 5.41) is 5.55. The standard InChI is InChI=1S/C15H25NO2S2/c1-15(2,14-8-5-9-19-14)11-16-12-6-4-7-13(10-12)20(3,17)18/h5,8-9,12-13,16H,4,6-7,10-11H2,1-3H3. The first-order valence-electron chi connectivity index (χ1n) is 7.25. The molecule has 3 nitrogen and oxygen atoms in total. The highest BCUT2D eigenvalue weighted by molar-refractivity contribution is 7.91. The summed E-state index contributed by atoms with van der Waals surface area (Å²) >= 11 is 1.79. The quantitative estimate of drug-likeness (QED) is 0.908. The van der Waals surface area contributed by atoms with Crippen molar-refractivity contribution in [2.75, 3.05) is 12.8 Å². The Morgan fingerprint density at radius 1 is 1.40 bits per heavy atom. The monoisotopic (exact) mass is 315 g/mol. The molecule has 1 heterocycles. The van der Waals surface area contributed by atoms with Crippen LogP contribution in [0.3, 0.4) is 0 Å². The van der Waals surface area contributed by atoms with Crippen molar-refractivity contribution in [3.8, 4) is 0 Å². The van der Waals surface area contributed by atoms with Crippen LogP contribution in [0.1, 0.15) is 44.4 Å². The second-order valence-corrected chi connectivity index (χ2v) is 9.83. The van der Waals surface area contributed by atoms with Crippen molar-refractivity contribution in [3.05, 3.63) is 22.4 Å². The smallest absolute Gasteiger partial charge is 0.150 e. The van der Waals surface area contributed by atoms with Crippen LogP contribution < -0.4 is 5.32 Å². The van der Waals surface area contributed by atoms with Crippen LogP contribution in [0.4, 0.5) is 0 Å². The van der Waals surface area contributed by atoms with E-state index in [9.17, 15) is 8.42 Å². The van der Waals surface area contributed by atoms with Gasteiger partial charge in [-0.15, -0.1) is 11.3 Å². The van der Waals surface area contributed by atoms with Gasteiger partial charge < -0.3 is 5.32 Å². The number of nitrogens with one attached hydrogen (secondary N) is 1. The summed E-state index contributed by atoms with van der Waals surface area (Å²) in [7, 11) is -2.89. The van der Waals surface area contributed by atoms with Crippen LogP contribution in [0.2, 0.25) is 0 Å². The molecule has 2 rings (SSSR count). The number of thiophene rings is 1. The third-order valence-electron chi connectivity index (χ3n) is 4.25. The van der Waals surface area contributed by atoms with Gasteiger partial charge in [-0.3, -0.25) is 0 Å². The molecule has 0 spiro atoms. The first-order valence-corrected chi connectivity index (χ1v) is 10.1. The number of hydrogen-bond donors (Lipinski definition) is 1. The van der Waals surface area contributed by atoms with Crippen molar-refractivity contribution in [1.82, 2.24) is 5.32 Å². The fourth-order valence-electron chi connectivity index (χ4n) is 2.87. The van der Waals surface area contributed by atoms with Crippen molar-refractivity contribution in [2.24, 2.45) is 0 Å². The van der Waals surface area contributed by atoms with Crippen molar-refractivity contribution in [1.29, 1.82) is 0 Å². The molecule has 0 aromatic carbocycles. The molecule has 1 aromatic rings. The fourth-order valence-corrected chi connectivity index (χ4v) is 4.90. The SMILES string of the molecule is CC(C)(CNC1CCCC(S(C)(=O)=O)C1)c1cccs1. The third kappa shape index (κ3) is 4.06. The lowest BCUT2D eigenvalue weighted by molar-refractivity contribution is 0.343. The Bertz CT molecular complexity index is 520. The number of sulfone groups is 1. The maximum absolute atomic E-state index is 11.7. The van der Waals surface area contributed by atoms with Gasteiger partial charge in [0.2, 0.25) is 0 Å². The Labute approximate surface area is 126 Å². The zero-order valence-corrected chi connectivity index (χ0v) is 14.2. The first-order chi connectivity index (χ1) is 9.29. The number of rotatable bonds is 5. The third-order valence-corrected chi connectivity index (χ3v) is 7.13. The summed E-state index contributed by atoms with van der Waals surface area (Å²) < 4.78 is 23.4. The molecular formula is C15H25NO2S2. The molecule has 2 atom stereocenters. The average molecular weight is 316 g/mol. The van der Waals surface area contributed by atoms with Crippen LogP contribution >= 0.6 is 11.3 Å². The molecule has 2 unspecified atom stereocenters. The highest BCUT2D eigenvalue weighted by Gasteiger charge is 2.30. The summed E-state index contributed by atoms with van der Waals surface area (Å²) in [6.07, 6.45) is 5.06. The molecule has 1 saturated carbocycles. The minimum atomic E-state index is -2.89. The van der Waals surface area contributed by atoms with Gasteiger partial charge in [0.1, 0.15) is 9.84 Å². The van der Waals surface area contributed by atoms with Crippen LogP contribution in [0, 0.1) is 0 Å². The Morgan fingerprint density at radius 2 is 2.15 bits per heavy atom. The van der Waals surface area contributed by atoms with Gasteiger partial charge >= 0.3 is 0 Å². The zero-order chi connectivity index (χ0) is 14.8. The molecule has 20 heavy (non-hydrogen) atoms. The lowest BCUT2D eigenvalue weighted by atomic mass is 9.89. The van der Waals surface area contributed by atoms with E-state index in [2.05, 4.69) is 36.7 Å². The van der Waals surface area contributed by atoms with Gasteiger partial charge in [-0.1, -0.05) is 26.3 Å². The van der Waals surface area contributed by atoms with Crippen molar-refractivity contribution < 1.29 is 8.42 Å². The summed E-state index contributed by atoms with van der Waals surface area (Å²) in [6.45, 7) is 5.38. The zero-order valence-electron chi connectivity index (χ0n) is 12.6. The Morgan fingerprint density at radius 3 is 2.75 bits per heavy atom. The van der Waals surface area contributed by atoms with E-state index in [4.69, 9.17) is 0 Å². The highest BCUT2D eigenvalue weighted by Crippen LogP contribution is 2.28. The van der Waals surface area contributed by atoms with Gasteiger partial charge in [0.25, 0.3) is 0 Å². The molecule has 0 bridgehead atoms. The van der Waals surface area contributed by atoms with E-state index in [1.54, 1.807) is 11.3 Å². The normalized spacial score (nSPS) is 24.8. The maximum atomic E-state index is 11.7. The Balaban J connectivity index is 1.91. The Kier molecular flexibility index (Phi) is 4.92. The van der Waals surface area contributed by atoms with Crippen molar-refractivity contribution in [2.45, 2.75) is 56.2 Å². The second-order valence-electron chi connectivity index (χ2n) is 6.56.